The van der Waals surface area contributed by atoms with Crippen LogP contribution in [0.15, 0.2) is 17.2 Å². The van der Waals surface area contributed by atoms with Gasteiger partial charge in [0.05, 0.1) is 0 Å². The molecule has 88 valence electrons. The van der Waals surface area contributed by atoms with E-state index in [2.05, 4.69) is 10.3 Å². The number of rotatable bonds is 5. The molecule has 1 aliphatic rings. The standard InChI is InChI=1S/C11H17N3O2/c1-14-6-5-12-9(10(14)16)13-8-11(2-3-11)4-7-15/h5-6,15H,2-4,7-8H2,1H3,(H,12,13). The second kappa shape index (κ2) is 4.25. The van der Waals surface area contributed by atoms with Crippen molar-refractivity contribution in [1.29, 1.82) is 0 Å². The monoisotopic (exact) mass is 223 g/mol. The minimum atomic E-state index is -0.109. The van der Waals surface area contributed by atoms with E-state index in [4.69, 9.17) is 5.11 Å². The Morgan fingerprint density at radius 2 is 2.38 bits per heavy atom. The second-order valence-corrected chi connectivity index (χ2v) is 4.52. The summed E-state index contributed by atoms with van der Waals surface area (Å²) in [7, 11) is 1.70. The minimum absolute atomic E-state index is 0.109. The SMILES string of the molecule is Cn1ccnc(NCC2(CCO)CC2)c1=O. The average molecular weight is 223 g/mol. The van der Waals surface area contributed by atoms with Crippen molar-refractivity contribution in [3.05, 3.63) is 22.7 Å². The molecular weight excluding hydrogens is 206 g/mol. The number of hydrogen-bond donors (Lipinski definition) is 2. The maximum Gasteiger partial charge on any atom is 0.293 e. The summed E-state index contributed by atoms with van der Waals surface area (Å²) in [6, 6.07) is 0. The first-order valence-electron chi connectivity index (χ1n) is 5.53. The van der Waals surface area contributed by atoms with E-state index < -0.39 is 0 Å². The van der Waals surface area contributed by atoms with Gasteiger partial charge in [-0.2, -0.15) is 0 Å². The van der Waals surface area contributed by atoms with Crippen LogP contribution in [0.25, 0.3) is 0 Å². The highest BCUT2D eigenvalue weighted by Crippen LogP contribution is 2.48. The molecule has 2 N–H and O–H groups in total. The zero-order valence-corrected chi connectivity index (χ0v) is 9.44. The first-order chi connectivity index (χ1) is 7.67. The lowest BCUT2D eigenvalue weighted by Gasteiger charge is -2.14. The number of nitrogens with one attached hydrogen (secondary N) is 1. The number of aliphatic hydroxyl groups excluding tert-OH is 1. The fourth-order valence-electron chi connectivity index (χ4n) is 1.82. The van der Waals surface area contributed by atoms with E-state index in [0.717, 1.165) is 25.8 Å². The number of aliphatic hydroxyl groups is 1. The summed E-state index contributed by atoms with van der Waals surface area (Å²) in [6.07, 6.45) is 6.28. The van der Waals surface area contributed by atoms with Gasteiger partial charge in [0.15, 0.2) is 5.82 Å². The topological polar surface area (TPSA) is 67.2 Å². The van der Waals surface area contributed by atoms with Crippen LogP contribution in [-0.4, -0.2) is 27.8 Å². The van der Waals surface area contributed by atoms with Crippen molar-refractivity contribution in [3.8, 4) is 0 Å². The number of anilines is 1. The number of aromatic nitrogens is 2. The van der Waals surface area contributed by atoms with Crippen molar-refractivity contribution in [2.45, 2.75) is 19.3 Å². The molecule has 1 saturated carbocycles. The quantitative estimate of drug-likeness (QED) is 0.756. The van der Waals surface area contributed by atoms with Crippen LogP contribution in [0.5, 0.6) is 0 Å². The molecular formula is C11H17N3O2. The maximum absolute atomic E-state index is 11.7. The molecule has 1 aromatic rings. The van der Waals surface area contributed by atoms with E-state index >= 15 is 0 Å². The zero-order chi connectivity index (χ0) is 11.6. The van der Waals surface area contributed by atoms with Crippen LogP contribution in [0.4, 0.5) is 5.82 Å². The van der Waals surface area contributed by atoms with Gasteiger partial charge in [-0.15, -0.1) is 0 Å². The third-order valence-corrected chi connectivity index (χ3v) is 3.25. The van der Waals surface area contributed by atoms with Crippen molar-refractivity contribution in [1.82, 2.24) is 9.55 Å². The largest absolute Gasteiger partial charge is 0.396 e. The smallest absolute Gasteiger partial charge is 0.293 e. The molecule has 5 heteroatoms. The van der Waals surface area contributed by atoms with Gasteiger partial charge in [0, 0.05) is 32.6 Å². The molecule has 2 rings (SSSR count). The first kappa shape index (κ1) is 11.1. The Bertz CT molecular complexity index is 423. The second-order valence-electron chi connectivity index (χ2n) is 4.52. The lowest BCUT2D eigenvalue weighted by molar-refractivity contribution is 0.253. The lowest BCUT2D eigenvalue weighted by atomic mass is 10.0. The van der Waals surface area contributed by atoms with E-state index in [1.165, 1.54) is 4.57 Å². The highest BCUT2D eigenvalue weighted by atomic mass is 16.3. The van der Waals surface area contributed by atoms with Crippen molar-refractivity contribution >= 4 is 5.82 Å². The summed E-state index contributed by atoms with van der Waals surface area (Å²) in [5.41, 5.74) is 0.0828. The van der Waals surface area contributed by atoms with E-state index in [1.54, 1.807) is 19.4 Å². The summed E-state index contributed by atoms with van der Waals surface area (Å²) in [5.74, 6) is 0.397. The lowest BCUT2D eigenvalue weighted by Crippen LogP contribution is -2.25. The average Bonchev–Trinajstić information content (AvgIpc) is 3.02. The molecule has 1 aromatic heterocycles. The summed E-state index contributed by atoms with van der Waals surface area (Å²) in [6.45, 7) is 0.932. The third-order valence-electron chi connectivity index (χ3n) is 3.25. The third kappa shape index (κ3) is 2.24. The molecule has 0 saturated heterocycles. The summed E-state index contributed by atoms with van der Waals surface area (Å²) in [4.78, 5) is 15.7. The van der Waals surface area contributed by atoms with Gasteiger partial charge >= 0.3 is 0 Å². The Labute approximate surface area is 94.1 Å². The van der Waals surface area contributed by atoms with Crippen molar-refractivity contribution in [3.63, 3.8) is 0 Å². The van der Waals surface area contributed by atoms with E-state index in [0.29, 0.717) is 5.82 Å². The molecule has 16 heavy (non-hydrogen) atoms. The van der Waals surface area contributed by atoms with Gasteiger partial charge in [-0.25, -0.2) is 4.98 Å². The molecule has 0 bridgehead atoms. The van der Waals surface area contributed by atoms with Crippen LogP contribution < -0.4 is 10.9 Å². The van der Waals surface area contributed by atoms with Crippen LogP contribution in [0.2, 0.25) is 0 Å². The van der Waals surface area contributed by atoms with Gasteiger partial charge in [0.1, 0.15) is 0 Å². The first-order valence-corrected chi connectivity index (χ1v) is 5.53. The van der Waals surface area contributed by atoms with E-state index in [1.807, 2.05) is 0 Å². The fraction of sp³-hybridized carbons (Fsp3) is 0.636. The molecule has 0 aromatic carbocycles. The molecule has 0 amide bonds. The molecule has 1 aliphatic carbocycles. The fourth-order valence-corrected chi connectivity index (χ4v) is 1.82. The Morgan fingerprint density at radius 3 is 3.00 bits per heavy atom. The molecule has 5 nitrogen and oxygen atoms in total. The molecule has 0 spiro atoms. The number of aryl methyl sites for hydroxylation is 1. The molecule has 1 fully saturated rings. The predicted octanol–water partition coefficient (Wildman–Crippen LogP) is 0.355. The zero-order valence-electron chi connectivity index (χ0n) is 9.44. The van der Waals surface area contributed by atoms with Crippen molar-refractivity contribution < 1.29 is 5.11 Å². The van der Waals surface area contributed by atoms with Gasteiger partial charge in [-0.3, -0.25) is 4.79 Å². The van der Waals surface area contributed by atoms with Crippen molar-refractivity contribution in [2.24, 2.45) is 12.5 Å². The molecule has 0 radical (unpaired) electrons. The highest BCUT2D eigenvalue weighted by molar-refractivity contribution is 5.31. The molecule has 0 unspecified atom stereocenters. The van der Waals surface area contributed by atoms with Gasteiger partial charge in [0.2, 0.25) is 0 Å². The Kier molecular flexibility index (Phi) is 2.96. The van der Waals surface area contributed by atoms with Gasteiger partial charge < -0.3 is 15.0 Å². The Hall–Kier alpha value is -1.36. The molecule has 0 aliphatic heterocycles. The predicted molar refractivity (Wildman–Crippen MR) is 61.3 cm³/mol. The van der Waals surface area contributed by atoms with Crippen LogP contribution in [0.1, 0.15) is 19.3 Å². The van der Waals surface area contributed by atoms with Crippen LogP contribution in [-0.2, 0) is 7.05 Å². The van der Waals surface area contributed by atoms with Crippen LogP contribution >= 0.6 is 0 Å². The molecule has 1 heterocycles. The normalized spacial score (nSPS) is 17.1. The number of nitrogens with zero attached hydrogens (tertiary/aromatic N) is 2. The van der Waals surface area contributed by atoms with Crippen molar-refractivity contribution in [2.75, 3.05) is 18.5 Å². The van der Waals surface area contributed by atoms with Gasteiger partial charge in [0.25, 0.3) is 5.56 Å². The summed E-state index contributed by atoms with van der Waals surface area (Å²) in [5, 5.41) is 12.0. The Balaban J connectivity index is 2.00. The maximum atomic E-state index is 11.7. The minimum Gasteiger partial charge on any atom is -0.396 e. The van der Waals surface area contributed by atoms with Gasteiger partial charge in [-0.05, 0) is 24.7 Å². The summed E-state index contributed by atoms with van der Waals surface area (Å²) < 4.78 is 1.50. The Morgan fingerprint density at radius 1 is 1.62 bits per heavy atom. The highest BCUT2D eigenvalue weighted by Gasteiger charge is 2.41. The van der Waals surface area contributed by atoms with Gasteiger partial charge in [-0.1, -0.05) is 0 Å². The van der Waals surface area contributed by atoms with E-state index in [-0.39, 0.29) is 17.6 Å². The van der Waals surface area contributed by atoms with Crippen LogP contribution in [0, 0.1) is 5.41 Å². The molecule has 0 atom stereocenters. The van der Waals surface area contributed by atoms with E-state index in [9.17, 15) is 4.79 Å². The van der Waals surface area contributed by atoms with Crippen LogP contribution in [0.3, 0.4) is 0 Å². The number of hydrogen-bond acceptors (Lipinski definition) is 4. The summed E-state index contributed by atoms with van der Waals surface area (Å²) >= 11 is 0.